The highest BCUT2D eigenvalue weighted by atomic mass is 16.1. The summed E-state index contributed by atoms with van der Waals surface area (Å²) in [5.74, 6) is 2.61. The average molecular weight is 391 g/mol. The Morgan fingerprint density at radius 3 is 2.79 bits per heavy atom. The zero-order valence-electron chi connectivity index (χ0n) is 18.2. The predicted molar refractivity (Wildman–Crippen MR) is 114 cm³/mol. The van der Waals surface area contributed by atoms with Gasteiger partial charge in [-0.25, -0.2) is 9.98 Å². The molecule has 1 aromatic heterocycles. The summed E-state index contributed by atoms with van der Waals surface area (Å²) in [6.45, 7) is 12.8. The second-order valence-corrected chi connectivity index (χ2v) is 8.45. The predicted octanol–water partition coefficient (Wildman–Crippen LogP) is 2.68. The number of aliphatic imine (C=N–C) groups is 1. The molecule has 3 N–H and O–H groups in total. The number of rotatable bonds is 8. The summed E-state index contributed by atoms with van der Waals surface area (Å²) in [4.78, 5) is 21.6. The third kappa shape index (κ3) is 7.17. The summed E-state index contributed by atoms with van der Waals surface area (Å²) >= 11 is 0. The molecule has 7 nitrogen and oxygen atoms in total. The Bertz CT molecular complexity index is 637. The van der Waals surface area contributed by atoms with Crippen molar-refractivity contribution in [1.29, 1.82) is 0 Å². The van der Waals surface area contributed by atoms with Gasteiger partial charge in [-0.2, -0.15) is 0 Å². The van der Waals surface area contributed by atoms with Crippen molar-refractivity contribution in [2.24, 2.45) is 16.8 Å². The molecule has 2 unspecified atom stereocenters. The van der Waals surface area contributed by atoms with Gasteiger partial charge in [-0.15, -0.1) is 0 Å². The SMILES string of the molecule is CCNC(=NCc1nccn1CC(C)C)NC1CCCC(C(=O)NC(C)C)C1. The van der Waals surface area contributed by atoms with E-state index in [0.29, 0.717) is 12.5 Å². The van der Waals surface area contributed by atoms with E-state index in [2.05, 4.69) is 46.3 Å². The summed E-state index contributed by atoms with van der Waals surface area (Å²) in [7, 11) is 0. The number of nitrogens with zero attached hydrogens (tertiary/aromatic N) is 3. The van der Waals surface area contributed by atoms with Crippen LogP contribution in [0.4, 0.5) is 0 Å². The van der Waals surface area contributed by atoms with Crippen LogP contribution in [0.1, 0.15) is 66.1 Å². The number of hydrogen-bond donors (Lipinski definition) is 3. The fourth-order valence-corrected chi connectivity index (χ4v) is 3.68. The lowest BCUT2D eigenvalue weighted by Crippen LogP contribution is -2.47. The first-order valence-corrected chi connectivity index (χ1v) is 10.7. The highest BCUT2D eigenvalue weighted by Gasteiger charge is 2.28. The van der Waals surface area contributed by atoms with Crippen molar-refractivity contribution in [3.63, 3.8) is 0 Å². The summed E-state index contributed by atoms with van der Waals surface area (Å²) in [5, 5.41) is 9.92. The van der Waals surface area contributed by atoms with E-state index in [-0.39, 0.29) is 23.9 Å². The van der Waals surface area contributed by atoms with Crippen LogP contribution >= 0.6 is 0 Å². The number of carbonyl (C=O) groups is 1. The lowest BCUT2D eigenvalue weighted by atomic mass is 9.85. The van der Waals surface area contributed by atoms with E-state index in [0.717, 1.165) is 50.6 Å². The number of amides is 1. The van der Waals surface area contributed by atoms with Crippen molar-refractivity contribution in [2.75, 3.05) is 6.54 Å². The first-order chi connectivity index (χ1) is 13.4. The molecule has 1 saturated carbocycles. The number of aromatic nitrogens is 2. The molecule has 0 aromatic carbocycles. The Morgan fingerprint density at radius 2 is 2.11 bits per heavy atom. The van der Waals surface area contributed by atoms with Crippen LogP contribution in [0, 0.1) is 11.8 Å². The van der Waals surface area contributed by atoms with Crippen LogP contribution in [0.5, 0.6) is 0 Å². The van der Waals surface area contributed by atoms with Crippen LogP contribution in [0.2, 0.25) is 0 Å². The molecule has 28 heavy (non-hydrogen) atoms. The Labute approximate surface area is 169 Å². The minimum absolute atomic E-state index is 0.0847. The lowest BCUT2D eigenvalue weighted by Gasteiger charge is -2.30. The number of hydrogen-bond acceptors (Lipinski definition) is 3. The van der Waals surface area contributed by atoms with Gasteiger partial charge in [-0.3, -0.25) is 4.79 Å². The Kier molecular flexibility index (Phi) is 8.80. The maximum atomic E-state index is 12.4. The molecule has 1 heterocycles. The van der Waals surface area contributed by atoms with Crippen LogP contribution in [0.25, 0.3) is 0 Å². The van der Waals surface area contributed by atoms with Gasteiger partial charge in [0.05, 0.1) is 0 Å². The van der Waals surface area contributed by atoms with Crippen molar-refractivity contribution in [3.8, 4) is 0 Å². The molecule has 2 rings (SSSR count). The van der Waals surface area contributed by atoms with Gasteiger partial charge in [0.2, 0.25) is 5.91 Å². The van der Waals surface area contributed by atoms with E-state index >= 15 is 0 Å². The molecule has 2 atom stereocenters. The summed E-state index contributed by atoms with van der Waals surface area (Å²) < 4.78 is 2.17. The van der Waals surface area contributed by atoms with E-state index in [9.17, 15) is 4.79 Å². The number of carbonyl (C=O) groups excluding carboxylic acids is 1. The highest BCUT2D eigenvalue weighted by molar-refractivity contribution is 5.81. The molecule has 1 amide bonds. The Balaban J connectivity index is 1.97. The van der Waals surface area contributed by atoms with Gasteiger partial charge in [0.25, 0.3) is 0 Å². The highest BCUT2D eigenvalue weighted by Crippen LogP contribution is 2.24. The lowest BCUT2D eigenvalue weighted by molar-refractivity contribution is -0.126. The van der Waals surface area contributed by atoms with Gasteiger partial charge in [0.15, 0.2) is 5.96 Å². The molecule has 0 radical (unpaired) electrons. The number of imidazole rings is 1. The van der Waals surface area contributed by atoms with Gasteiger partial charge >= 0.3 is 0 Å². The van der Waals surface area contributed by atoms with Crippen molar-refractivity contribution in [2.45, 2.75) is 85.5 Å². The topological polar surface area (TPSA) is 83.3 Å². The minimum Gasteiger partial charge on any atom is -0.357 e. The van der Waals surface area contributed by atoms with Gasteiger partial charge in [0.1, 0.15) is 12.4 Å². The van der Waals surface area contributed by atoms with Crippen molar-refractivity contribution < 1.29 is 4.79 Å². The van der Waals surface area contributed by atoms with Crippen LogP contribution in [0.15, 0.2) is 17.4 Å². The van der Waals surface area contributed by atoms with Crippen molar-refractivity contribution in [3.05, 3.63) is 18.2 Å². The first kappa shape index (κ1) is 22.2. The van der Waals surface area contributed by atoms with Gasteiger partial charge < -0.3 is 20.5 Å². The fourth-order valence-electron chi connectivity index (χ4n) is 3.68. The number of guanidine groups is 1. The fraction of sp³-hybridized carbons (Fsp3) is 0.762. The average Bonchev–Trinajstić information content (AvgIpc) is 3.06. The third-order valence-corrected chi connectivity index (χ3v) is 4.90. The molecular weight excluding hydrogens is 352 g/mol. The minimum atomic E-state index is 0.0847. The quantitative estimate of drug-likeness (QED) is 0.471. The van der Waals surface area contributed by atoms with Crippen LogP contribution < -0.4 is 16.0 Å². The van der Waals surface area contributed by atoms with Gasteiger partial charge in [-0.1, -0.05) is 20.3 Å². The summed E-state index contributed by atoms with van der Waals surface area (Å²) in [5.41, 5.74) is 0. The largest absolute Gasteiger partial charge is 0.357 e. The van der Waals surface area contributed by atoms with E-state index < -0.39 is 0 Å². The molecule has 158 valence electrons. The van der Waals surface area contributed by atoms with Crippen LogP contribution in [-0.2, 0) is 17.9 Å². The molecule has 1 aromatic rings. The van der Waals surface area contributed by atoms with Gasteiger partial charge in [0, 0.05) is 43.5 Å². The Hall–Kier alpha value is -2.05. The molecule has 7 heteroatoms. The molecule has 1 aliphatic carbocycles. The van der Waals surface area contributed by atoms with Crippen LogP contribution in [0.3, 0.4) is 0 Å². The molecule has 0 spiro atoms. The molecular formula is C21H38N6O. The smallest absolute Gasteiger partial charge is 0.223 e. The summed E-state index contributed by atoms with van der Waals surface area (Å²) in [6, 6.07) is 0.458. The standard InChI is InChI=1S/C21H38N6O/c1-6-22-21(24-13-19-23-10-11-27(19)14-15(2)3)26-18-9-7-8-17(12-18)20(28)25-16(4)5/h10-11,15-18H,6-9,12-14H2,1-5H3,(H,25,28)(H2,22,24,26). The zero-order valence-corrected chi connectivity index (χ0v) is 18.2. The van der Waals surface area contributed by atoms with Gasteiger partial charge in [-0.05, 0) is 46.0 Å². The molecule has 1 fully saturated rings. The van der Waals surface area contributed by atoms with E-state index in [1.54, 1.807) is 0 Å². The molecule has 1 aliphatic rings. The third-order valence-electron chi connectivity index (χ3n) is 4.90. The second-order valence-electron chi connectivity index (χ2n) is 8.45. The molecule has 0 bridgehead atoms. The molecule has 0 saturated heterocycles. The monoisotopic (exact) mass is 390 g/mol. The maximum absolute atomic E-state index is 12.4. The first-order valence-electron chi connectivity index (χ1n) is 10.7. The van der Waals surface area contributed by atoms with E-state index in [1.807, 2.05) is 26.2 Å². The Morgan fingerprint density at radius 1 is 1.32 bits per heavy atom. The number of nitrogens with one attached hydrogen (secondary N) is 3. The normalized spacial score (nSPS) is 20.5. The zero-order chi connectivity index (χ0) is 20.5. The van der Waals surface area contributed by atoms with Crippen molar-refractivity contribution in [1.82, 2.24) is 25.5 Å². The van der Waals surface area contributed by atoms with E-state index in [4.69, 9.17) is 4.99 Å². The van der Waals surface area contributed by atoms with E-state index in [1.165, 1.54) is 0 Å². The maximum Gasteiger partial charge on any atom is 0.223 e. The summed E-state index contributed by atoms with van der Waals surface area (Å²) in [6.07, 6.45) is 7.81. The van der Waals surface area contributed by atoms with Crippen molar-refractivity contribution >= 4 is 11.9 Å². The molecule has 0 aliphatic heterocycles. The second kappa shape index (κ2) is 11.1. The van der Waals surface area contributed by atoms with Crippen LogP contribution in [-0.4, -0.2) is 40.0 Å².